The van der Waals surface area contributed by atoms with Gasteiger partial charge < -0.3 is 20.5 Å². The molecule has 9 heteroatoms. The highest BCUT2D eigenvalue weighted by Crippen LogP contribution is 2.44. The topological polar surface area (TPSA) is 123 Å². The minimum absolute atomic E-state index is 0.0896. The van der Waals surface area contributed by atoms with Gasteiger partial charge in [-0.05, 0) is 34.7 Å². The Bertz CT molecular complexity index is 1180. The van der Waals surface area contributed by atoms with Crippen molar-refractivity contribution in [2.24, 2.45) is 7.05 Å². The Kier molecular flexibility index (Phi) is 6.62. The zero-order valence-corrected chi connectivity index (χ0v) is 18.9. The van der Waals surface area contributed by atoms with Crippen LogP contribution in [0.15, 0.2) is 60.8 Å². The lowest BCUT2D eigenvalue weighted by Gasteiger charge is -2.21. The van der Waals surface area contributed by atoms with Crippen LogP contribution in [0.5, 0.6) is 0 Å². The molecule has 34 heavy (non-hydrogen) atoms. The number of hydrogen-bond donors (Lipinski definition) is 3. The third-order valence-corrected chi connectivity index (χ3v) is 6.05. The van der Waals surface area contributed by atoms with Gasteiger partial charge in [-0.1, -0.05) is 55.5 Å². The molecule has 3 aromatic rings. The van der Waals surface area contributed by atoms with Gasteiger partial charge in [0, 0.05) is 19.2 Å². The number of carbonyl (C=O) groups is 3. The smallest absolute Gasteiger partial charge is 0.408 e. The van der Waals surface area contributed by atoms with E-state index in [-0.39, 0.29) is 18.9 Å². The average molecular weight is 463 g/mol. The highest BCUT2D eigenvalue weighted by molar-refractivity contribution is 5.90. The van der Waals surface area contributed by atoms with Gasteiger partial charge in [0.05, 0.1) is 5.69 Å². The van der Waals surface area contributed by atoms with Crippen LogP contribution in [0, 0.1) is 0 Å². The van der Waals surface area contributed by atoms with Gasteiger partial charge >= 0.3 is 12.1 Å². The van der Waals surface area contributed by atoms with Gasteiger partial charge in [0.25, 0.3) is 0 Å². The molecule has 0 saturated heterocycles. The van der Waals surface area contributed by atoms with Crippen molar-refractivity contribution in [1.29, 1.82) is 0 Å². The van der Waals surface area contributed by atoms with Crippen LogP contribution in [0.4, 0.5) is 4.79 Å². The summed E-state index contributed by atoms with van der Waals surface area (Å²) in [6.07, 6.45) is 0.903. The highest BCUT2D eigenvalue weighted by Gasteiger charge is 2.32. The number of hydrogen-bond acceptors (Lipinski definition) is 5. The predicted octanol–water partition coefficient (Wildman–Crippen LogP) is 2.98. The summed E-state index contributed by atoms with van der Waals surface area (Å²) in [5, 5.41) is 18.4. The number of ether oxygens (including phenoxy) is 1. The van der Waals surface area contributed by atoms with Gasteiger partial charge in [0.15, 0.2) is 6.04 Å². The number of alkyl carbamates (subject to hydrolysis) is 1. The van der Waals surface area contributed by atoms with Crippen LogP contribution in [0.3, 0.4) is 0 Å². The first-order valence-electron chi connectivity index (χ1n) is 11.0. The molecule has 2 amide bonds. The molecule has 0 saturated carbocycles. The Morgan fingerprint density at radius 2 is 1.65 bits per heavy atom. The number of amides is 2. The van der Waals surface area contributed by atoms with Crippen LogP contribution >= 0.6 is 0 Å². The Balaban J connectivity index is 1.49. The molecule has 0 fully saturated rings. The molecule has 4 rings (SSSR count). The van der Waals surface area contributed by atoms with Crippen molar-refractivity contribution in [3.63, 3.8) is 0 Å². The Morgan fingerprint density at radius 3 is 2.18 bits per heavy atom. The molecule has 0 bridgehead atoms. The number of carbonyl (C=O) groups excluding carboxylic acids is 2. The van der Waals surface area contributed by atoms with Gasteiger partial charge in [-0.15, -0.1) is 0 Å². The monoisotopic (exact) mass is 462 g/mol. The summed E-state index contributed by atoms with van der Waals surface area (Å²) in [7, 11) is 1.63. The fourth-order valence-corrected chi connectivity index (χ4v) is 4.29. The van der Waals surface area contributed by atoms with Crippen LogP contribution in [0.1, 0.15) is 42.1 Å². The minimum atomic E-state index is -1.17. The van der Waals surface area contributed by atoms with Crippen LogP contribution < -0.4 is 10.6 Å². The lowest BCUT2D eigenvalue weighted by atomic mass is 9.98. The van der Waals surface area contributed by atoms with Crippen molar-refractivity contribution >= 4 is 18.0 Å². The minimum Gasteiger partial charge on any atom is -0.480 e. The Morgan fingerprint density at radius 1 is 1.03 bits per heavy atom. The maximum absolute atomic E-state index is 12.9. The van der Waals surface area contributed by atoms with Crippen molar-refractivity contribution in [3.05, 3.63) is 77.6 Å². The first kappa shape index (κ1) is 23.0. The second-order valence-electron chi connectivity index (χ2n) is 8.09. The largest absolute Gasteiger partial charge is 0.480 e. The van der Waals surface area contributed by atoms with Crippen molar-refractivity contribution in [3.8, 4) is 11.1 Å². The first-order valence-corrected chi connectivity index (χ1v) is 11.0. The van der Waals surface area contributed by atoms with E-state index in [1.54, 1.807) is 20.0 Å². The quantitative estimate of drug-likeness (QED) is 0.473. The standard InChI is InChI=1S/C25H26N4O5/c1-3-20(24(31)32)27-23(30)22(21-12-13-26-29(21)2)28-25(33)34-14-19-17-10-6-4-8-15(17)16-9-5-7-11-18(16)19/h4-13,19-20,22H,3,14H2,1-2H3,(H,27,30)(H,28,33)(H,31,32)/t20-,22?/m1/s1. The molecule has 1 aliphatic carbocycles. The number of benzene rings is 2. The molecule has 0 aliphatic heterocycles. The maximum Gasteiger partial charge on any atom is 0.408 e. The van der Waals surface area contributed by atoms with Crippen LogP contribution in [-0.4, -0.2) is 45.5 Å². The normalized spacial score (nSPS) is 13.9. The zero-order valence-electron chi connectivity index (χ0n) is 18.9. The number of nitrogens with zero attached hydrogens (tertiary/aromatic N) is 2. The molecule has 1 heterocycles. The third-order valence-electron chi connectivity index (χ3n) is 6.05. The molecule has 1 unspecified atom stereocenters. The molecule has 2 atom stereocenters. The van der Waals surface area contributed by atoms with Crippen molar-refractivity contribution in [2.45, 2.75) is 31.3 Å². The van der Waals surface area contributed by atoms with Gasteiger partial charge in [-0.2, -0.15) is 5.10 Å². The van der Waals surface area contributed by atoms with Crippen molar-refractivity contribution in [1.82, 2.24) is 20.4 Å². The van der Waals surface area contributed by atoms with E-state index in [9.17, 15) is 19.5 Å². The zero-order chi connectivity index (χ0) is 24.2. The van der Waals surface area contributed by atoms with Crippen LogP contribution in [0.2, 0.25) is 0 Å². The Hall–Kier alpha value is -4.14. The van der Waals surface area contributed by atoms with E-state index in [0.717, 1.165) is 22.3 Å². The van der Waals surface area contributed by atoms with E-state index >= 15 is 0 Å². The van der Waals surface area contributed by atoms with Crippen LogP contribution in [-0.2, 0) is 21.4 Å². The lowest BCUT2D eigenvalue weighted by Crippen LogP contribution is -2.47. The molecule has 3 N–H and O–H groups in total. The van der Waals surface area contributed by atoms with Gasteiger partial charge in [-0.25, -0.2) is 9.59 Å². The van der Waals surface area contributed by atoms with E-state index < -0.39 is 30.1 Å². The molecule has 0 radical (unpaired) electrons. The number of aryl methyl sites for hydroxylation is 1. The molecule has 1 aliphatic rings. The fraction of sp³-hybridized carbons (Fsp3) is 0.280. The van der Waals surface area contributed by atoms with Gasteiger partial charge in [-0.3, -0.25) is 9.48 Å². The lowest BCUT2D eigenvalue weighted by molar-refractivity contribution is -0.142. The summed E-state index contributed by atoms with van der Waals surface area (Å²) in [5.41, 5.74) is 4.76. The van der Waals surface area contributed by atoms with E-state index in [2.05, 4.69) is 15.7 Å². The van der Waals surface area contributed by atoms with Crippen LogP contribution in [0.25, 0.3) is 11.1 Å². The molecular weight excluding hydrogens is 436 g/mol. The van der Waals surface area contributed by atoms with Crippen molar-refractivity contribution in [2.75, 3.05) is 6.61 Å². The Labute approximate surface area is 196 Å². The number of nitrogens with one attached hydrogen (secondary N) is 2. The summed E-state index contributed by atoms with van der Waals surface area (Å²) < 4.78 is 7.00. The molecule has 176 valence electrons. The van der Waals surface area contributed by atoms with Gasteiger partial charge in [0.1, 0.15) is 12.6 Å². The first-order chi connectivity index (χ1) is 16.4. The van der Waals surface area contributed by atoms with Crippen molar-refractivity contribution < 1.29 is 24.2 Å². The summed E-state index contributed by atoms with van der Waals surface area (Å²) in [6.45, 7) is 1.74. The predicted molar refractivity (Wildman–Crippen MR) is 124 cm³/mol. The average Bonchev–Trinajstić information content (AvgIpc) is 3.40. The van der Waals surface area contributed by atoms with E-state index in [1.165, 1.54) is 10.9 Å². The molecular formula is C25H26N4O5. The van der Waals surface area contributed by atoms with E-state index in [1.807, 2.05) is 48.5 Å². The molecule has 0 spiro atoms. The second kappa shape index (κ2) is 9.78. The van der Waals surface area contributed by atoms with E-state index in [0.29, 0.717) is 5.69 Å². The highest BCUT2D eigenvalue weighted by atomic mass is 16.5. The molecule has 1 aromatic heterocycles. The SMILES string of the molecule is CC[C@@H](NC(=O)C(NC(=O)OCC1c2ccccc2-c2ccccc21)c1ccnn1C)C(=O)O. The maximum atomic E-state index is 12.9. The summed E-state index contributed by atoms with van der Waals surface area (Å²) in [6, 6.07) is 15.3. The number of fused-ring (bicyclic) bond motifs is 3. The third kappa shape index (κ3) is 4.50. The number of carboxylic acid groups (broad SMARTS) is 1. The van der Waals surface area contributed by atoms with E-state index in [4.69, 9.17) is 4.74 Å². The van der Waals surface area contributed by atoms with Gasteiger partial charge in [0.2, 0.25) is 5.91 Å². The number of aliphatic carboxylic acids is 1. The molecule has 9 nitrogen and oxygen atoms in total. The number of carboxylic acids is 1. The molecule has 2 aromatic carbocycles. The fourth-order valence-electron chi connectivity index (χ4n) is 4.29. The summed E-state index contributed by atoms with van der Waals surface area (Å²) in [4.78, 5) is 37.1. The summed E-state index contributed by atoms with van der Waals surface area (Å²) >= 11 is 0. The number of rotatable bonds is 8. The summed E-state index contributed by atoms with van der Waals surface area (Å²) in [5.74, 6) is -1.94. The second-order valence-corrected chi connectivity index (χ2v) is 8.09. The number of aromatic nitrogens is 2.